The molecule has 3 aromatic carbocycles. The van der Waals surface area contributed by atoms with Crippen LogP contribution in [-0.2, 0) is 10.0 Å². The van der Waals surface area contributed by atoms with Crippen LogP contribution in [0.25, 0.3) is 0 Å². The van der Waals surface area contributed by atoms with Gasteiger partial charge in [-0.15, -0.1) is 0 Å². The Morgan fingerprint density at radius 1 is 0.771 bits per heavy atom. The fourth-order valence-corrected chi connectivity index (χ4v) is 4.26. The topological polar surface area (TPSA) is 105 Å². The van der Waals surface area contributed by atoms with Gasteiger partial charge in [0.25, 0.3) is 10.0 Å². The molecule has 0 radical (unpaired) electrons. The normalized spacial score (nSPS) is 11.1. The first-order valence-corrected chi connectivity index (χ1v) is 11.8. The summed E-state index contributed by atoms with van der Waals surface area (Å²) in [7, 11) is -2.57. The van der Waals surface area contributed by atoms with Gasteiger partial charge in [0.15, 0.2) is 0 Å². The minimum Gasteiger partial charge on any atom is -0.497 e. The zero-order valence-electron chi connectivity index (χ0n) is 18.7. The fraction of sp³-hybridized carbons (Fsp3) is 0.0833. The predicted molar refractivity (Wildman–Crippen MR) is 130 cm³/mol. The lowest BCUT2D eigenvalue weighted by molar-refractivity contribution is 0.415. The van der Waals surface area contributed by atoms with Crippen molar-refractivity contribution in [2.24, 2.45) is 0 Å². The number of hydrogen-bond acceptors (Lipinski definition) is 7. The molecule has 0 atom stereocenters. The summed E-state index contributed by atoms with van der Waals surface area (Å²) in [5, 5.41) is 6.27. The molecule has 0 spiro atoms. The van der Waals surface area contributed by atoms with Gasteiger partial charge in [0.05, 0.1) is 12.0 Å². The molecule has 4 aromatic rings. The molecule has 1 aromatic heterocycles. The van der Waals surface area contributed by atoms with Crippen LogP contribution >= 0.6 is 0 Å². The van der Waals surface area contributed by atoms with Gasteiger partial charge in [-0.1, -0.05) is 0 Å². The van der Waals surface area contributed by atoms with Crippen LogP contribution in [-0.4, -0.2) is 25.5 Å². The molecule has 0 saturated heterocycles. The smallest absolute Gasteiger partial charge is 0.262 e. The van der Waals surface area contributed by atoms with Crippen molar-refractivity contribution in [1.82, 2.24) is 9.97 Å². The molecule has 180 valence electrons. The SMILES string of the molecule is COc1ccc(Nc2cc(C)nc(Nc3ccc(NS(=O)(=O)c4cc(F)cc(F)c4)cc3)n2)cc1. The van der Waals surface area contributed by atoms with Crippen LogP contribution < -0.4 is 20.1 Å². The number of methoxy groups -OCH3 is 1. The molecule has 0 bridgehead atoms. The number of sulfonamides is 1. The van der Waals surface area contributed by atoms with Gasteiger partial charge in [-0.05, 0) is 67.6 Å². The van der Waals surface area contributed by atoms with E-state index in [0.717, 1.165) is 29.3 Å². The number of aryl methyl sites for hydroxylation is 1. The van der Waals surface area contributed by atoms with Gasteiger partial charge < -0.3 is 15.4 Å². The van der Waals surface area contributed by atoms with E-state index in [-0.39, 0.29) is 5.69 Å². The number of halogens is 2. The monoisotopic (exact) mass is 497 g/mol. The Morgan fingerprint density at radius 2 is 1.34 bits per heavy atom. The molecule has 0 amide bonds. The molecular formula is C24H21F2N5O3S. The molecule has 3 N–H and O–H groups in total. The minimum atomic E-state index is -4.17. The number of anilines is 5. The molecule has 0 fully saturated rings. The fourth-order valence-electron chi connectivity index (χ4n) is 3.16. The van der Waals surface area contributed by atoms with Gasteiger partial charge in [-0.25, -0.2) is 22.2 Å². The van der Waals surface area contributed by atoms with Gasteiger partial charge in [0.2, 0.25) is 5.95 Å². The zero-order valence-corrected chi connectivity index (χ0v) is 19.5. The van der Waals surface area contributed by atoms with Crippen LogP contribution in [0.5, 0.6) is 5.75 Å². The summed E-state index contributed by atoms with van der Waals surface area (Å²) in [4.78, 5) is 8.32. The molecule has 0 unspecified atom stereocenters. The standard InChI is InChI=1S/C24H21F2N5O3S/c1-15-11-23(28-18-7-9-21(34-2)10-8-18)30-24(27-15)29-19-3-5-20(6-4-19)31-35(32,33)22-13-16(25)12-17(26)14-22/h3-14,31H,1-2H3,(H2,27,28,29,30). The van der Waals surface area contributed by atoms with Gasteiger partial charge in [0, 0.05) is 34.9 Å². The maximum Gasteiger partial charge on any atom is 0.262 e. The molecule has 0 aliphatic rings. The van der Waals surface area contributed by atoms with E-state index in [1.165, 1.54) is 12.1 Å². The molecule has 0 aliphatic heterocycles. The molecule has 11 heteroatoms. The molecule has 4 rings (SSSR count). The summed E-state index contributed by atoms with van der Waals surface area (Å²) in [5.41, 5.74) is 2.37. The number of ether oxygens (including phenoxy) is 1. The van der Waals surface area contributed by atoms with Crippen LogP contribution in [0.3, 0.4) is 0 Å². The first-order valence-electron chi connectivity index (χ1n) is 10.3. The highest BCUT2D eigenvalue weighted by atomic mass is 32.2. The summed E-state index contributed by atoms with van der Waals surface area (Å²) in [6, 6.07) is 17.5. The highest BCUT2D eigenvalue weighted by molar-refractivity contribution is 7.92. The van der Waals surface area contributed by atoms with Crippen LogP contribution in [0, 0.1) is 18.6 Å². The summed E-state index contributed by atoms with van der Waals surface area (Å²) in [6.45, 7) is 1.83. The van der Waals surface area contributed by atoms with Crippen molar-refractivity contribution in [3.8, 4) is 5.75 Å². The summed E-state index contributed by atoms with van der Waals surface area (Å²) < 4.78 is 59.2. The van der Waals surface area contributed by atoms with Crippen molar-refractivity contribution in [2.75, 3.05) is 22.5 Å². The maximum atomic E-state index is 13.4. The van der Waals surface area contributed by atoms with E-state index in [9.17, 15) is 17.2 Å². The number of benzene rings is 3. The van der Waals surface area contributed by atoms with Crippen molar-refractivity contribution < 1.29 is 21.9 Å². The van der Waals surface area contributed by atoms with Crippen molar-refractivity contribution >= 4 is 38.9 Å². The lowest BCUT2D eigenvalue weighted by Gasteiger charge is -2.12. The number of aromatic nitrogens is 2. The van der Waals surface area contributed by atoms with Gasteiger partial charge in [-0.3, -0.25) is 4.72 Å². The second-order valence-corrected chi connectivity index (χ2v) is 9.17. The quantitative estimate of drug-likeness (QED) is 0.301. The molecule has 0 aliphatic carbocycles. The Bertz CT molecular complexity index is 1430. The van der Waals surface area contributed by atoms with Crippen LogP contribution in [0.4, 0.5) is 37.6 Å². The van der Waals surface area contributed by atoms with E-state index in [2.05, 4.69) is 25.3 Å². The van der Waals surface area contributed by atoms with Crippen molar-refractivity contribution in [3.63, 3.8) is 0 Å². The molecule has 8 nitrogen and oxygen atoms in total. The summed E-state index contributed by atoms with van der Waals surface area (Å²) >= 11 is 0. The first-order chi connectivity index (χ1) is 16.7. The van der Waals surface area contributed by atoms with Gasteiger partial charge >= 0.3 is 0 Å². The highest BCUT2D eigenvalue weighted by Gasteiger charge is 2.17. The number of nitrogens with one attached hydrogen (secondary N) is 3. The first kappa shape index (κ1) is 23.9. The Balaban J connectivity index is 1.46. The van der Waals surface area contributed by atoms with E-state index >= 15 is 0 Å². The predicted octanol–water partition coefficient (Wildman–Crippen LogP) is 5.36. The van der Waals surface area contributed by atoms with E-state index in [1.54, 1.807) is 25.3 Å². The third-order valence-electron chi connectivity index (χ3n) is 4.76. The molecule has 1 heterocycles. The lowest BCUT2D eigenvalue weighted by Crippen LogP contribution is -2.13. The van der Waals surface area contributed by atoms with Crippen molar-refractivity contribution in [3.05, 3.63) is 90.1 Å². The minimum absolute atomic E-state index is 0.215. The molecular weight excluding hydrogens is 476 g/mol. The Kier molecular flexibility index (Phi) is 6.78. The van der Waals surface area contributed by atoms with E-state index in [0.29, 0.717) is 23.5 Å². The van der Waals surface area contributed by atoms with Crippen LogP contribution in [0.2, 0.25) is 0 Å². The van der Waals surface area contributed by atoms with E-state index in [1.807, 2.05) is 31.2 Å². The lowest BCUT2D eigenvalue weighted by atomic mass is 10.3. The maximum absolute atomic E-state index is 13.4. The summed E-state index contributed by atoms with van der Waals surface area (Å²) in [5.74, 6) is -0.306. The number of nitrogens with zero attached hydrogens (tertiary/aromatic N) is 2. The summed E-state index contributed by atoms with van der Waals surface area (Å²) in [6.07, 6.45) is 0. The third kappa shape index (κ3) is 6.21. The van der Waals surface area contributed by atoms with Crippen molar-refractivity contribution in [2.45, 2.75) is 11.8 Å². The largest absolute Gasteiger partial charge is 0.497 e. The molecule has 35 heavy (non-hydrogen) atoms. The van der Waals surface area contributed by atoms with Crippen molar-refractivity contribution in [1.29, 1.82) is 0 Å². The Labute approximate surface area is 201 Å². The third-order valence-corrected chi connectivity index (χ3v) is 6.12. The molecule has 0 saturated carbocycles. The second-order valence-electron chi connectivity index (χ2n) is 7.48. The highest BCUT2D eigenvalue weighted by Crippen LogP contribution is 2.23. The number of hydrogen-bond donors (Lipinski definition) is 3. The Morgan fingerprint density at radius 3 is 1.97 bits per heavy atom. The van der Waals surface area contributed by atoms with Gasteiger partial charge in [-0.2, -0.15) is 4.98 Å². The second kappa shape index (κ2) is 9.94. The zero-order chi connectivity index (χ0) is 25.0. The van der Waals surface area contributed by atoms with E-state index in [4.69, 9.17) is 4.74 Å². The Hall–Kier alpha value is -4.25. The average molecular weight is 498 g/mol. The van der Waals surface area contributed by atoms with Gasteiger partial charge in [0.1, 0.15) is 23.2 Å². The van der Waals surface area contributed by atoms with Crippen LogP contribution in [0.15, 0.2) is 77.7 Å². The van der Waals surface area contributed by atoms with E-state index < -0.39 is 26.6 Å². The average Bonchev–Trinajstić information content (AvgIpc) is 2.80. The number of rotatable bonds is 8. The van der Waals surface area contributed by atoms with Crippen LogP contribution in [0.1, 0.15) is 5.69 Å².